The van der Waals surface area contributed by atoms with Gasteiger partial charge in [0.15, 0.2) is 5.78 Å². The number of hydrogen-bond donors (Lipinski definition) is 2. The Morgan fingerprint density at radius 1 is 1.25 bits per heavy atom. The summed E-state index contributed by atoms with van der Waals surface area (Å²) in [6, 6.07) is -0.339. The summed E-state index contributed by atoms with van der Waals surface area (Å²) in [7, 11) is 0. The molecule has 0 aromatic carbocycles. The van der Waals surface area contributed by atoms with E-state index >= 15 is 0 Å². The highest BCUT2D eigenvalue weighted by molar-refractivity contribution is 5.86. The Hall–Kier alpha value is -1.14. The third-order valence-corrected chi connectivity index (χ3v) is 7.27. The number of nitrogens with zero attached hydrogens (tertiary/aromatic N) is 1. The van der Waals surface area contributed by atoms with Gasteiger partial charge >= 0.3 is 6.09 Å². The van der Waals surface area contributed by atoms with Gasteiger partial charge in [0, 0.05) is 19.0 Å². The number of unbranched alkanes of at least 4 members (excludes halogenated alkanes) is 1. The van der Waals surface area contributed by atoms with Crippen molar-refractivity contribution < 1.29 is 14.3 Å². The molecule has 6 nitrogen and oxygen atoms in total. The lowest BCUT2D eigenvalue weighted by molar-refractivity contribution is -0.134. The van der Waals surface area contributed by atoms with E-state index in [1.807, 2.05) is 25.7 Å². The highest BCUT2D eigenvalue weighted by atomic mass is 16.6. The number of fused-ring (bicyclic) bond motifs is 2. The molecule has 0 aromatic heterocycles. The van der Waals surface area contributed by atoms with E-state index in [1.165, 1.54) is 6.42 Å². The van der Waals surface area contributed by atoms with Crippen LogP contribution >= 0.6 is 0 Å². The number of rotatable bonds is 6. The summed E-state index contributed by atoms with van der Waals surface area (Å²) >= 11 is 0. The average molecular weight is 394 g/mol. The van der Waals surface area contributed by atoms with Crippen LogP contribution in [0.5, 0.6) is 0 Å². The molecule has 4 N–H and O–H groups in total. The molecule has 4 unspecified atom stereocenters. The summed E-state index contributed by atoms with van der Waals surface area (Å²) in [5.41, 5.74) is 11.5. The van der Waals surface area contributed by atoms with Gasteiger partial charge in [-0.2, -0.15) is 0 Å². The van der Waals surface area contributed by atoms with Crippen LogP contribution in [0.25, 0.3) is 0 Å². The van der Waals surface area contributed by atoms with Crippen molar-refractivity contribution in [1.82, 2.24) is 4.90 Å². The minimum absolute atomic E-state index is 0.118. The number of likely N-dealkylation sites (tertiary alicyclic amines) is 1. The summed E-state index contributed by atoms with van der Waals surface area (Å²) in [5, 5.41) is 0. The Labute approximate surface area is 169 Å². The maximum absolute atomic E-state index is 13.0. The zero-order chi connectivity index (χ0) is 20.5. The van der Waals surface area contributed by atoms with Gasteiger partial charge in [-0.25, -0.2) is 4.79 Å². The smallest absolute Gasteiger partial charge is 0.410 e. The lowest BCUT2D eigenvalue weighted by atomic mass is 9.51. The molecular formula is C22H39N3O3. The van der Waals surface area contributed by atoms with Crippen LogP contribution < -0.4 is 11.5 Å². The maximum atomic E-state index is 13.0. The Balaban J connectivity index is 1.59. The van der Waals surface area contributed by atoms with Crippen molar-refractivity contribution in [1.29, 1.82) is 0 Å². The van der Waals surface area contributed by atoms with Crippen LogP contribution in [0.3, 0.4) is 0 Å². The molecule has 2 bridgehead atoms. The molecule has 4 rings (SSSR count). The summed E-state index contributed by atoms with van der Waals surface area (Å²) in [5.74, 6) is 1.34. The minimum Gasteiger partial charge on any atom is -0.444 e. The number of ketones is 1. The normalized spacial score (nSPS) is 33.3. The Kier molecular flexibility index (Phi) is 6.40. The molecule has 3 saturated carbocycles. The molecule has 28 heavy (non-hydrogen) atoms. The molecule has 3 aliphatic carbocycles. The SMILES string of the molecule is CC(C)(C)OC(=O)N1CCC2(CC3CCC2CC3C(=O)[C@@H](N)CCCCN)C1. The molecule has 1 heterocycles. The summed E-state index contributed by atoms with van der Waals surface area (Å²) < 4.78 is 5.58. The van der Waals surface area contributed by atoms with E-state index < -0.39 is 5.60 Å². The van der Waals surface area contributed by atoms with Crippen molar-refractivity contribution in [2.45, 2.75) is 83.8 Å². The van der Waals surface area contributed by atoms with Gasteiger partial charge < -0.3 is 21.1 Å². The van der Waals surface area contributed by atoms with Gasteiger partial charge in [-0.05, 0) is 89.5 Å². The first kappa shape index (κ1) is 21.6. The predicted molar refractivity (Wildman–Crippen MR) is 110 cm³/mol. The Bertz CT molecular complexity index is 588. The van der Waals surface area contributed by atoms with Crippen LogP contribution in [-0.4, -0.2) is 48.1 Å². The zero-order valence-electron chi connectivity index (χ0n) is 17.9. The first-order chi connectivity index (χ1) is 13.1. The van der Waals surface area contributed by atoms with Crippen molar-refractivity contribution in [3.8, 4) is 0 Å². The first-order valence-electron chi connectivity index (χ1n) is 11.1. The van der Waals surface area contributed by atoms with Crippen LogP contribution in [-0.2, 0) is 9.53 Å². The van der Waals surface area contributed by atoms with Gasteiger partial charge in [0.25, 0.3) is 0 Å². The zero-order valence-corrected chi connectivity index (χ0v) is 17.9. The van der Waals surface area contributed by atoms with Crippen LogP contribution in [0.1, 0.15) is 72.1 Å². The van der Waals surface area contributed by atoms with E-state index in [0.29, 0.717) is 18.4 Å². The van der Waals surface area contributed by atoms with Crippen LogP contribution in [0.15, 0.2) is 0 Å². The average Bonchev–Trinajstić information content (AvgIpc) is 3.04. The highest BCUT2D eigenvalue weighted by Gasteiger charge is 2.56. The van der Waals surface area contributed by atoms with E-state index in [-0.39, 0.29) is 29.3 Å². The van der Waals surface area contributed by atoms with E-state index in [9.17, 15) is 9.59 Å². The number of hydrogen-bond acceptors (Lipinski definition) is 5. The number of Topliss-reactive ketones (excluding diaryl/α,β-unsaturated/α-hetero) is 1. The van der Waals surface area contributed by atoms with Gasteiger partial charge in [-0.1, -0.05) is 6.42 Å². The van der Waals surface area contributed by atoms with Gasteiger partial charge in [0.2, 0.25) is 0 Å². The molecule has 4 fully saturated rings. The summed E-state index contributed by atoms with van der Waals surface area (Å²) in [6.45, 7) is 7.94. The second kappa shape index (κ2) is 8.31. The van der Waals surface area contributed by atoms with Crippen LogP contribution in [0.4, 0.5) is 4.79 Å². The van der Waals surface area contributed by atoms with E-state index in [0.717, 1.165) is 58.0 Å². The lowest BCUT2D eigenvalue weighted by Crippen LogP contribution is -2.52. The second-order valence-electron chi connectivity index (χ2n) is 10.4. The van der Waals surface area contributed by atoms with Gasteiger partial charge in [-0.15, -0.1) is 0 Å². The van der Waals surface area contributed by atoms with Crippen LogP contribution in [0.2, 0.25) is 0 Å². The fraction of sp³-hybridized carbons (Fsp3) is 0.909. The van der Waals surface area contributed by atoms with Crippen molar-refractivity contribution in [2.75, 3.05) is 19.6 Å². The van der Waals surface area contributed by atoms with Crippen molar-refractivity contribution in [3.05, 3.63) is 0 Å². The maximum Gasteiger partial charge on any atom is 0.410 e. The van der Waals surface area contributed by atoms with E-state index in [2.05, 4.69) is 0 Å². The molecule has 0 radical (unpaired) electrons. The van der Waals surface area contributed by atoms with Gasteiger partial charge in [0.1, 0.15) is 5.60 Å². The number of nitrogens with two attached hydrogens (primary N) is 2. The number of carbonyl (C=O) groups is 2. The number of amides is 1. The molecule has 1 saturated heterocycles. The minimum atomic E-state index is -0.462. The van der Waals surface area contributed by atoms with Crippen LogP contribution in [0, 0.1) is 23.2 Å². The lowest BCUT2D eigenvalue weighted by Gasteiger charge is -2.53. The molecule has 4 aliphatic rings. The molecule has 6 heteroatoms. The monoisotopic (exact) mass is 393 g/mol. The van der Waals surface area contributed by atoms with Gasteiger partial charge in [-0.3, -0.25) is 4.79 Å². The molecule has 1 amide bonds. The molecule has 5 atom stereocenters. The second-order valence-corrected chi connectivity index (χ2v) is 10.4. The third kappa shape index (κ3) is 4.54. The molecular weight excluding hydrogens is 354 g/mol. The third-order valence-electron chi connectivity index (χ3n) is 7.27. The molecule has 1 aliphatic heterocycles. The summed E-state index contributed by atoms with van der Waals surface area (Å²) in [6.07, 6.45) is 7.78. The Morgan fingerprint density at radius 2 is 2.00 bits per heavy atom. The number of carbonyl (C=O) groups excluding carboxylic acids is 2. The van der Waals surface area contributed by atoms with E-state index in [4.69, 9.17) is 16.2 Å². The fourth-order valence-electron chi connectivity index (χ4n) is 5.87. The van der Waals surface area contributed by atoms with Crippen molar-refractivity contribution in [2.24, 2.45) is 34.6 Å². The Morgan fingerprint density at radius 3 is 2.61 bits per heavy atom. The quantitative estimate of drug-likeness (QED) is 0.676. The fourth-order valence-corrected chi connectivity index (χ4v) is 5.87. The molecule has 1 spiro atoms. The molecule has 160 valence electrons. The van der Waals surface area contributed by atoms with E-state index in [1.54, 1.807) is 0 Å². The predicted octanol–water partition coefficient (Wildman–Crippen LogP) is 3.08. The van der Waals surface area contributed by atoms with Crippen molar-refractivity contribution >= 4 is 11.9 Å². The largest absolute Gasteiger partial charge is 0.444 e. The topological polar surface area (TPSA) is 98.6 Å². The summed E-state index contributed by atoms with van der Waals surface area (Å²) in [4.78, 5) is 27.4. The number of ether oxygens (including phenoxy) is 1. The van der Waals surface area contributed by atoms with Gasteiger partial charge in [0.05, 0.1) is 6.04 Å². The standard InChI is InChI=1S/C22H39N3O3/c1-21(2,3)28-20(27)25-11-9-22(14-25)13-15-7-8-16(22)12-17(15)19(26)18(24)6-4-5-10-23/h15-18H,4-14,23-24H2,1-3H3/t15?,16?,17?,18-,22?/m0/s1. The van der Waals surface area contributed by atoms with Crippen molar-refractivity contribution in [3.63, 3.8) is 0 Å². The highest BCUT2D eigenvalue weighted by Crippen LogP contribution is 2.59. The molecule has 0 aromatic rings. The first-order valence-corrected chi connectivity index (χ1v) is 11.1.